The van der Waals surface area contributed by atoms with E-state index in [4.69, 9.17) is 37.0 Å². The number of rotatable bonds is 96. The van der Waals surface area contributed by atoms with E-state index in [1.807, 2.05) is 0 Å². The van der Waals surface area contributed by atoms with Crippen LogP contribution in [-0.2, 0) is 65.4 Å². The van der Waals surface area contributed by atoms with Crippen molar-refractivity contribution in [1.29, 1.82) is 0 Å². The normalized spacial score (nSPS) is 13.6. The molecule has 3 N–H and O–H groups in total. The van der Waals surface area contributed by atoms with E-state index < -0.39 is 97.5 Å². The molecule has 0 fully saturated rings. The summed E-state index contributed by atoms with van der Waals surface area (Å²) in [5.41, 5.74) is 0. The molecule has 0 aromatic rings. The summed E-state index contributed by atoms with van der Waals surface area (Å²) >= 11 is 0. The number of phosphoric ester groups is 2. The van der Waals surface area contributed by atoms with Gasteiger partial charge in [-0.15, -0.1) is 0 Å². The minimum absolute atomic E-state index is 0.110. The second-order valence-corrected chi connectivity index (χ2v) is 37.0. The molecule has 19 heteroatoms. The number of ether oxygens (including phenoxy) is 4. The van der Waals surface area contributed by atoms with Crippen LogP contribution >= 0.6 is 15.6 Å². The zero-order valence-corrected chi connectivity index (χ0v) is 76.9. The lowest BCUT2D eigenvalue weighted by Gasteiger charge is -2.21. The highest BCUT2D eigenvalue weighted by Crippen LogP contribution is 2.45. The summed E-state index contributed by atoms with van der Waals surface area (Å²) in [6.45, 7) is 5.11. The van der Waals surface area contributed by atoms with Gasteiger partial charge < -0.3 is 33.8 Å². The van der Waals surface area contributed by atoms with Crippen LogP contribution in [0.15, 0.2) is 0 Å². The number of unbranched alkanes of at least 4 members (excludes halogenated alkanes) is 70. The Hall–Kier alpha value is -1.94. The molecule has 17 nitrogen and oxygen atoms in total. The van der Waals surface area contributed by atoms with Gasteiger partial charge in [-0.2, -0.15) is 0 Å². The van der Waals surface area contributed by atoms with Gasteiger partial charge in [0.05, 0.1) is 26.4 Å². The predicted molar refractivity (Wildman–Crippen MR) is 474 cm³/mol. The second-order valence-electron chi connectivity index (χ2n) is 34.1. The Balaban J connectivity index is 5.25. The average Bonchev–Trinajstić information content (AvgIpc) is 0.898. The average molecular weight is 1660 g/mol. The molecular formula is C95H186O17P2. The van der Waals surface area contributed by atoms with E-state index in [-0.39, 0.29) is 25.7 Å². The van der Waals surface area contributed by atoms with E-state index in [1.165, 1.54) is 360 Å². The quantitative estimate of drug-likeness (QED) is 0.0222. The van der Waals surface area contributed by atoms with Crippen LogP contribution in [0.1, 0.15) is 529 Å². The van der Waals surface area contributed by atoms with Crippen molar-refractivity contribution in [2.45, 2.75) is 547 Å². The molecule has 0 spiro atoms. The summed E-state index contributed by atoms with van der Waals surface area (Å²) in [5, 5.41) is 10.7. The van der Waals surface area contributed by atoms with Crippen molar-refractivity contribution >= 4 is 39.5 Å². The molecule has 678 valence electrons. The van der Waals surface area contributed by atoms with Crippen LogP contribution < -0.4 is 0 Å². The third-order valence-corrected chi connectivity index (χ3v) is 24.5. The molecule has 2 unspecified atom stereocenters. The zero-order chi connectivity index (χ0) is 83.1. The van der Waals surface area contributed by atoms with Crippen molar-refractivity contribution < 1.29 is 80.2 Å². The molecule has 0 aromatic carbocycles. The highest BCUT2D eigenvalue weighted by Gasteiger charge is 2.31. The standard InChI is InChI=1S/C95H186O17P2/c1-5-9-13-17-21-25-29-33-36-39-42-44-45-48-51-54-58-62-66-70-74-78-82-95(100)112-91(86-106-93(98)80-76-72-68-64-60-56-52-49-47-43-40-37-34-30-26-22-18-14-10-6-2)88-110-114(103,104)108-84-89(96)83-107-113(101,102)109-87-90(85-105-92(97)79-75-71-67-63-59-55-32-28-24-20-16-12-8-4)111-94(99)81-77-73-69-65-61-57-53-50-46-41-38-35-31-27-23-19-15-11-7-3/h89-91,96H,5-88H2,1-4H3,(H,101,102)(H,103,104)/t89-,90+,91+/m0/s1. The van der Waals surface area contributed by atoms with Gasteiger partial charge in [0.25, 0.3) is 0 Å². The number of hydrogen-bond donors (Lipinski definition) is 3. The molecule has 114 heavy (non-hydrogen) atoms. The number of aliphatic hydroxyl groups is 1. The SMILES string of the molecule is CCCCCCCCCCCCCCCCCCCCCCCCC(=O)O[C@H](COC(=O)CCCCCCCCCCCCCCCCCCCCCC)COP(=O)(O)OC[C@@H](O)COP(=O)(O)OC[C@@H](COC(=O)CCCCCCCCCCCCCCC)OC(=O)CCCCCCCCCCCCCCCCCCCCC. The Morgan fingerprint density at radius 3 is 0.518 bits per heavy atom. The van der Waals surface area contributed by atoms with Gasteiger partial charge in [0.1, 0.15) is 19.3 Å². The summed E-state index contributed by atoms with van der Waals surface area (Å²) < 4.78 is 69.2. The van der Waals surface area contributed by atoms with Crippen LogP contribution in [0.4, 0.5) is 0 Å². The van der Waals surface area contributed by atoms with Crippen molar-refractivity contribution in [1.82, 2.24) is 0 Å². The van der Waals surface area contributed by atoms with Crippen molar-refractivity contribution in [3.8, 4) is 0 Å². The molecule has 0 saturated heterocycles. The second kappa shape index (κ2) is 88.8. The molecule has 5 atom stereocenters. The Kier molecular flexibility index (Phi) is 87.3. The fourth-order valence-corrected chi connectivity index (χ4v) is 16.7. The van der Waals surface area contributed by atoms with Crippen molar-refractivity contribution in [2.75, 3.05) is 39.6 Å². The van der Waals surface area contributed by atoms with Gasteiger partial charge in [-0.25, -0.2) is 9.13 Å². The molecule has 0 aliphatic heterocycles. The maximum Gasteiger partial charge on any atom is 0.472 e. The van der Waals surface area contributed by atoms with E-state index in [1.54, 1.807) is 0 Å². The third kappa shape index (κ3) is 87.9. The predicted octanol–water partition coefficient (Wildman–Crippen LogP) is 30.0. The first-order valence-corrected chi connectivity index (χ1v) is 52.3. The summed E-state index contributed by atoms with van der Waals surface area (Å²) in [4.78, 5) is 73.6. The highest BCUT2D eigenvalue weighted by molar-refractivity contribution is 7.47. The van der Waals surface area contributed by atoms with Gasteiger partial charge in [-0.05, 0) is 25.7 Å². The zero-order valence-electron chi connectivity index (χ0n) is 75.1. The van der Waals surface area contributed by atoms with Crippen molar-refractivity contribution in [3.05, 3.63) is 0 Å². The molecule has 0 saturated carbocycles. The lowest BCUT2D eigenvalue weighted by atomic mass is 10.0. The highest BCUT2D eigenvalue weighted by atomic mass is 31.2. The molecule has 0 heterocycles. The van der Waals surface area contributed by atoms with Gasteiger partial charge in [0.2, 0.25) is 0 Å². The van der Waals surface area contributed by atoms with E-state index in [0.717, 1.165) is 89.9 Å². The Bertz CT molecular complexity index is 2140. The maximum absolute atomic E-state index is 13.2. The van der Waals surface area contributed by atoms with Gasteiger partial charge in [-0.1, -0.05) is 477 Å². The van der Waals surface area contributed by atoms with Crippen LogP contribution in [0.2, 0.25) is 0 Å². The van der Waals surface area contributed by atoms with Crippen LogP contribution in [-0.4, -0.2) is 96.7 Å². The Labute approximate surface area is 702 Å². The summed E-state index contributed by atoms with van der Waals surface area (Å²) in [6.07, 6.45) is 87.7. The summed E-state index contributed by atoms with van der Waals surface area (Å²) in [6, 6.07) is 0. The van der Waals surface area contributed by atoms with Crippen LogP contribution in [0.25, 0.3) is 0 Å². The monoisotopic (exact) mass is 1660 g/mol. The summed E-state index contributed by atoms with van der Waals surface area (Å²) in [5.74, 6) is -2.09. The van der Waals surface area contributed by atoms with E-state index in [2.05, 4.69) is 27.7 Å². The van der Waals surface area contributed by atoms with E-state index >= 15 is 0 Å². The number of carbonyl (C=O) groups excluding carboxylic acids is 4. The lowest BCUT2D eigenvalue weighted by Crippen LogP contribution is -2.30. The first-order chi connectivity index (χ1) is 55.7. The van der Waals surface area contributed by atoms with E-state index in [9.17, 15) is 43.2 Å². The Morgan fingerprint density at radius 2 is 0.351 bits per heavy atom. The smallest absolute Gasteiger partial charge is 0.462 e. The number of hydrogen-bond acceptors (Lipinski definition) is 15. The van der Waals surface area contributed by atoms with Gasteiger partial charge in [-0.3, -0.25) is 37.3 Å². The van der Waals surface area contributed by atoms with Gasteiger partial charge >= 0.3 is 39.5 Å². The minimum Gasteiger partial charge on any atom is -0.462 e. The van der Waals surface area contributed by atoms with Gasteiger partial charge in [0.15, 0.2) is 12.2 Å². The summed E-state index contributed by atoms with van der Waals surface area (Å²) in [7, 11) is -9.94. The molecule has 0 radical (unpaired) electrons. The first-order valence-electron chi connectivity index (χ1n) is 49.3. The molecule has 0 aliphatic carbocycles. The largest absolute Gasteiger partial charge is 0.472 e. The fourth-order valence-electron chi connectivity index (χ4n) is 15.1. The maximum atomic E-state index is 13.2. The fraction of sp³-hybridized carbons (Fsp3) is 0.958. The molecule has 0 bridgehead atoms. The molecular weight excluding hydrogens is 1470 g/mol. The number of phosphoric acid groups is 2. The third-order valence-electron chi connectivity index (χ3n) is 22.6. The van der Waals surface area contributed by atoms with Crippen LogP contribution in [0.3, 0.4) is 0 Å². The Morgan fingerprint density at radius 1 is 0.211 bits per heavy atom. The van der Waals surface area contributed by atoms with Crippen molar-refractivity contribution in [3.63, 3.8) is 0 Å². The van der Waals surface area contributed by atoms with E-state index in [0.29, 0.717) is 25.7 Å². The van der Waals surface area contributed by atoms with Crippen LogP contribution in [0.5, 0.6) is 0 Å². The van der Waals surface area contributed by atoms with Gasteiger partial charge in [0, 0.05) is 25.7 Å². The molecule has 0 aromatic heterocycles. The first kappa shape index (κ1) is 112. The minimum atomic E-state index is -4.97. The number of carbonyl (C=O) groups is 4. The number of aliphatic hydroxyl groups excluding tert-OH is 1. The number of esters is 4. The molecule has 0 amide bonds. The lowest BCUT2D eigenvalue weighted by molar-refractivity contribution is -0.161. The van der Waals surface area contributed by atoms with Crippen molar-refractivity contribution in [2.24, 2.45) is 0 Å². The molecule has 0 rings (SSSR count). The molecule has 0 aliphatic rings. The van der Waals surface area contributed by atoms with Crippen LogP contribution in [0, 0.1) is 0 Å². The topological polar surface area (TPSA) is 237 Å².